The van der Waals surface area contributed by atoms with Gasteiger partial charge in [-0.3, -0.25) is 4.79 Å². The van der Waals surface area contributed by atoms with Gasteiger partial charge in [-0.05, 0) is 55.5 Å². The number of ether oxygens (including phenoxy) is 3. The molecule has 3 heterocycles. The molecule has 0 saturated carbocycles. The molecule has 1 fully saturated rings. The Balaban J connectivity index is 1.43. The normalized spacial score (nSPS) is 16.3. The molecule has 226 valence electrons. The number of piperidine rings is 1. The first-order valence-corrected chi connectivity index (χ1v) is 15.4. The number of nitrogens with one attached hydrogen (secondary N) is 1. The summed E-state index contributed by atoms with van der Waals surface area (Å²) in [6, 6.07) is 12.3. The Kier molecular flexibility index (Phi) is 9.93. The highest BCUT2D eigenvalue weighted by Gasteiger charge is 2.36. The molecule has 2 aliphatic rings. The molecule has 1 saturated heterocycles. The average Bonchev–Trinajstić information content (AvgIpc) is 3.44. The van der Waals surface area contributed by atoms with Gasteiger partial charge in [0.05, 0.1) is 12.7 Å². The summed E-state index contributed by atoms with van der Waals surface area (Å²) in [4.78, 5) is 32.5. The Labute approximate surface area is 260 Å². The lowest BCUT2D eigenvalue weighted by Gasteiger charge is -2.28. The van der Waals surface area contributed by atoms with Crippen LogP contribution in [0.2, 0.25) is 5.02 Å². The number of aromatic nitrogens is 3. The van der Waals surface area contributed by atoms with Crippen molar-refractivity contribution in [3.05, 3.63) is 82.5 Å². The van der Waals surface area contributed by atoms with Crippen LogP contribution in [0.4, 0.5) is 5.95 Å². The van der Waals surface area contributed by atoms with Crippen molar-refractivity contribution < 1.29 is 23.8 Å². The largest absolute Gasteiger partial charge is 0.493 e. The second kappa shape index (κ2) is 14.0. The first-order valence-electron chi connectivity index (χ1n) is 14.1. The highest BCUT2D eigenvalue weighted by atomic mass is 35.5. The number of carbonyl (C=O) groups is 2. The number of hydrogen-bond donors (Lipinski definition) is 1. The smallest absolute Gasteiger partial charge is 0.338 e. The number of allylic oxidation sites excluding steroid dienone is 1. The number of anilines is 1. The quantitative estimate of drug-likeness (QED) is 0.165. The number of nitrogens with zero attached hydrogens (tertiary/aromatic N) is 4. The molecular weight excluding hydrogens is 590 g/mol. The number of methoxy groups -OCH3 is 1. The van der Waals surface area contributed by atoms with Crippen molar-refractivity contribution in [3.63, 3.8) is 0 Å². The summed E-state index contributed by atoms with van der Waals surface area (Å²) in [5, 5.41) is 9.16. The lowest BCUT2D eigenvalue weighted by atomic mass is 9.95. The Morgan fingerprint density at radius 1 is 1.16 bits per heavy atom. The summed E-state index contributed by atoms with van der Waals surface area (Å²) >= 11 is 7.79. The number of carbonyl (C=O) groups excluding carboxylic acids is 2. The molecule has 1 atom stereocenters. The minimum Gasteiger partial charge on any atom is -0.493 e. The highest BCUT2D eigenvalue weighted by Crippen LogP contribution is 2.40. The highest BCUT2D eigenvalue weighted by molar-refractivity contribution is 7.98. The van der Waals surface area contributed by atoms with E-state index < -0.39 is 12.0 Å². The zero-order valence-corrected chi connectivity index (χ0v) is 25.7. The van der Waals surface area contributed by atoms with Crippen molar-refractivity contribution in [2.45, 2.75) is 43.1 Å². The van der Waals surface area contributed by atoms with Crippen molar-refractivity contribution in [1.82, 2.24) is 19.7 Å². The molecule has 10 nitrogen and oxygen atoms in total. The Hall–Kier alpha value is -3.96. The Morgan fingerprint density at radius 2 is 1.95 bits per heavy atom. The van der Waals surface area contributed by atoms with Crippen molar-refractivity contribution in [3.8, 4) is 11.5 Å². The van der Waals surface area contributed by atoms with E-state index in [-0.39, 0.29) is 19.1 Å². The van der Waals surface area contributed by atoms with Crippen LogP contribution < -0.4 is 14.8 Å². The van der Waals surface area contributed by atoms with E-state index in [9.17, 15) is 9.59 Å². The molecule has 0 radical (unpaired) electrons. The lowest BCUT2D eigenvalue weighted by Crippen LogP contribution is -2.38. The third-order valence-corrected chi connectivity index (χ3v) is 8.52. The molecule has 0 spiro atoms. The summed E-state index contributed by atoms with van der Waals surface area (Å²) in [5.74, 6) is 1.35. The van der Waals surface area contributed by atoms with Gasteiger partial charge in [0.1, 0.15) is 12.6 Å². The van der Waals surface area contributed by atoms with Gasteiger partial charge in [0.15, 0.2) is 18.1 Å². The maximum atomic E-state index is 13.3. The van der Waals surface area contributed by atoms with E-state index in [1.165, 1.54) is 24.9 Å². The Bertz CT molecular complexity index is 1530. The molecule has 12 heteroatoms. The van der Waals surface area contributed by atoms with E-state index in [4.69, 9.17) is 35.9 Å². The fraction of sp³-hybridized carbons (Fsp3) is 0.355. The van der Waals surface area contributed by atoms with Gasteiger partial charge in [-0.25, -0.2) is 9.48 Å². The van der Waals surface area contributed by atoms with Crippen LogP contribution in [0.3, 0.4) is 0 Å². The van der Waals surface area contributed by atoms with Crippen molar-refractivity contribution in [2.75, 3.05) is 38.7 Å². The molecule has 2 aromatic carbocycles. The monoisotopic (exact) mass is 623 g/mol. The summed E-state index contributed by atoms with van der Waals surface area (Å²) < 4.78 is 18.7. The van der Waals surface area contributed by atoms with Crippen LogP contribution in [-0.4, -0.2) is 65.0 Å². The molecule has 1 amide bonds. The van der Waals surface area contributed by atoms with Crippen LogP contribution in [0.15, 0.2) is 71.5 Å². The average molecular weight is 624 g/mol. The number of hydrogen-bond acceptors (Lipinski definition) is 9. The van der Waals surface area contributed by atoms with Gasteiger partial charge in [-0.2, -0.15) is 4.98 Å². The molecule has 0 bridgehead atoms. The van der Waals surface area contributed by atoms with Gasteiger partial charge < -0.3 is 24.4 Å². The van der Waals surface area contributed by atoms with Gasteiger partial charge in [0.2, 0.25) is 11.1 Å². The van der Waals surface area contributed by atoms with Crippen LogP contribution in [0.5, 0.6) is 11.5 Å². The van der Waals surface area contributed by atoms with E-state index in [1.54, 1.807) is 23.7 Å². The number of benzene rings is 2. The third-order valence-electron chi connectivity index (χ3n) is 7.26. The fourth-order valence-electron chi connectivity index (χ4n) is 5.08. The maximum absolute atomic E-state index is 13.3. The van der Waals surface area contributed by atoms with E-state index >= 15 is 0 Å². The van der Waals surface area contributed by atoms with Gasteiger partial charge in [0, 0.05) is 29.6 Å². The second-order valence-electron chi connectivity index (χ2n) is 10.1. The summed E-state index contributed by atoms with van der Waals surface area (Å²) in [5.41, 5.74) is 2.63. The molecule has 3 aromatic rings. The molecule has 1 aromatic heterocycles. The lowest BCUT2D eigenvalue weighted by molar-refractivity contribution is -0.138. The Morgan fingerprint density at radius 3 is 2.70 bits per heavy atom. The first-order chi connectivity index (χ1) is 20.9. The van der Waals surface area contributed by atoms with Crippen LogP contribution in [0, 0.1) is 0 Å². The topological polar surface area (TPSA) is 108 Å². The van der Waals surface area contributed by atoms with Crippen molar-refractivity contribution >= 4 is 41.2 Å². The number of thioether (sulfide) groups is 1. The minimum atomic E-state index is -0.673. The molecule has 5 rings (SSSR count). The molecular formula is C31H34ClN5O5S. The minimum absolute atomic E-state index is 0.0518. The van der Waals surface area contributed by atoms with E-state index in [0.29, 0.717) is 50.2 Å². The first kappa shape index (κ1) is 30.5. The standard InChI is InChI=1S/C31H34ClN5O5S/c1-4-16-41-29(39)27-20(2)33-30-34-31(43-19-22-10-6-7-11-23(22)32)35-37(30)28(27)21-12-13-24(25(17-21)40-3)42-18-26(38)36-14-8-5-9-15-36/h4,6-7,10-13,17,28H,1,5,8-9,14-16,18-19H2,2-3H3,(H,33,34,35). The zero-order chi connectivity index (χ0) is 30.3. The SMILES string of the molecule is C=CCOC(=O)C1=C(C)Nc2nc(SCc3ccccc3Cl)nn2C1c1ccc(OCC(=O)N2CCCCC2)c(OC)c1. The summed E-state index contributed by atoms with van der Waals surface area (Å²) in [7, 11) is 1.53. The molecule has 43 heavy (non-hydrogen) atoms. The molecule has 2 aliphatic heterocycles. The van der Waals surface area contributed by atoms with Gasteiger partial charge in [-0.15, -0.1) is 5.10 Å². The van der Waals surface area contributed by atoms with Gasteiger partial charge in [-0.1, -0.05) is 60.3 Å². The van der Waals surface area contributed by atoms with Crippen molar-refractivity contribution in [2.24, 2.45) is 0 Å². The molecule has 1 unspecified atom stereocenters. The number of likely N-dealkylation sites (tertiary alicyclic amines) is 1. The predicted molar refractivity (Wildman–Crippen MR) is 166 cm³/mol. The number of amides is 1. The van der Waals surface area contributed by atoms with Gasteiger partial charge >= 0.3 is 5.97 Å². The van der Waals surface area contributed by atoms with Crippen LogP contribution in [-0.2, 0) is 20.1 Å². The number of fused-ring (bicyclic) bond motifs is 1. The number of halogens is 1. The summed E-state index contributed by atoms with van der Waals surface area (Å²) in [6.45, 7) is 6.94. The van der Waals surface area contributed by atoms with E-state index in [1.807, 2.05) is 35.2 Å². The van der Waals surface area contributed by atoms with E-state index in [0.717, 1.165) is 37.9 Å². The number of esters is 1. The number of rotatable bonds is 11. The van der Waals surface area contributed by atoms with E-state index in [2.05, 4.69) is 11.9 Å². The van der Waals surface area contributed by atoms with Crippen LogP contribution in [0.1, 0.15) is 43.4 Å². The van der Waals surface area contributed by atoms with Crippen LogP contribution in [0.25, 0.3) is 0 Å². The van der Waals surface area contributed by atoms with Crippen molar-refractivity contribution in [1.29, 1.82) is 0 Å². The van der Waals surface area contributed by atoms with Gasteiger partial charge in [0.25, 0.3) is 5.91 Å². The summed E-state index contributed by atoms with van der Waals surface area (Å²) in [6.07, 6.45) is 4.68. The fourth-order valence-corrected chi connectivity index (χ4v) is 6.20. The van der Waals surface area contributed by atoms with Crippen LogP contribution >= 0.6 is 23.4 Å². The maximum Gasteiger partial charge on any atom is 0.338 e. The molecule has 0 aliphatic carbocycles. The molecule has 1 N–H and O–H groups in total. The predicted octanol–water partition coefficient (Wildman–Crippen LogP) is 5.64. The second-order valence-corrected chi connectivity index (χ2v) is 11.5. The zero-order valence-electron chi connectivity index (χ0n) is 24.2. The third kappa shape index (κ3) is 7.00.